The van der Waals surface area contributed by atoms with Crippen molar-refractivity contribution in [2.45, 2.75) is 20.3 Å². The highest BCUT2D eigenvalue weighted by atomic mass is 16.5. The molecule has 0 aliphatic rings. The van der Waals surface area contributed by atoms with Gasteiger partial charge in [-0.2, -0.15) is 4.98 Å². The number of nitrogens with zero attached hydrogens (tertiary/aromatic N) is 2. The van der Waals surface area contributed by atoms with E-state index in [0.29, 0.717) is 30.4 Å². The zero-order valence-corrected chi connectivity index (χ0v) is 11.6. The summed E-state index contributed by atoms with van der Waals surface area (Å²) < 4.78 is 5.15. The van der Waals surface area contributed by atoms with Crippen LogP contribution in [0.4, 0.5) is 5.69 Å². The minimum absolute atomic E-state index is 0.0466. The van der Waals surface area contributed by atoms with E-state index in [9.17, 15) is 4.79 Å². The Morgan fingerprint density at radius 1 is 1.35 bits per heavy atom. The van der Waals surface area contributed by atoms with Crippen molar-refractivity contribution in [2.75, 3.05) is 18.4 Å². The lowest BCUT2D eigenvalue weighted by Crippen LogP contribution is -2.21. The summed E-state index contributed by atoms with van der Waals surface area (Å²) in [6, 6.07) is 7.38. The molecule has 0 radical (unpaired) electrons. The van der Waals surface area contributed by atoms with Crippen molar-refractivity contribution >= 4 is 11.6 Å². The summed E-state index contributed by atoms with van der Waals surface area (Å²) in [5, 5.41) is 9.75. The average Bonchev–Trinajstić information content (AvgIpc) is 2.86. The molecule has 0 fully saturated rings. The van der Waals surface area contributed by atoms with Crippen molar-refractivity contribution in [1.82, 2.24) is 15.5 Å². The van der Waals surface area contributed by atoms with Crippen molar-refractivity contribution in [1.29, 1.82) is 0 Å². The highest BCUT2D eigenvalue weighted by molar-refractivity contribution is 5.94. The highest BCUT2D eigenvalue weighted by Gasteiger charge is 2.12. The van der Waals surface area contributed by atoms with Gasteiger partial charge in [0, 0.05) is 13.0 Å². The molecule has 0 atom stereocenters. The van der Waals surface area contributed by atoms with Crippen LogP contribution in [0, 0.1) is 6.92 Å². The predicted octanol–water partition coefficient (Wildman–Crippen LogP) is 1.98. The van der Waals surface area contributed by atoms with Gasteiger partial charge in [0.05, 0.1) is 11.3 Å². The molecule has 106 valence electrons. The molecule has 1 amide bonds. The molecule has 0 aliphatic carbocycles. The number of hydrogen-bond acceptors (Lipinski definition) is 5. The third-order valence-corrected chi connectivity index (χ3v) is 2.74. The number of aryl methyl sites for hydroxylation is 1. The van der Waals surface area contributed by atoms with Crippen LogP contribution in [0.5, 0.6) is 0 Å². The molecule has 0 unspecified atom stereocenters. The summed E-state index contributed by atoms with van der Waals surface area (Å²) in [6.45, 7) is 5.27. The molecule has 6 nitrogen and oxygen atoms in total. The van der Waals surface area contributed by atoms with Crippen LogP contribution in [0.15, 0.2) is 28.8 Å². The first kappa shape index (κ1) is 14.2. The summed E-state index contributed by atoms with van der Waals surface area (Å²) in [5.41, 5.74) is 1.41. The number of carbonyl (C=O) groups excluding carboxylic acids is 1. The monoisotopic (exact) mass is 274 g/mol. The Labute approximate surface area is 117 Å². The number of carbonyl (C=O) groups is 1. The maximum absolute atomic E-state index is 11.9. The van der Waals surface area contributed by atoms with E-state index in [-0.39, 0.29) is 5.91 Å². The van der Waals surface area contributed by atoms with Crippen molar-refractivity contribution in [2.24, 2.45) is 0 Å². The van der Waals surface area contributed by atoms with Crippen molar-refractivity contribution in [3.8, 4) is 11.5 Å². The van der Waals surface area contributed by atoms with Gasteiger partial charge >= 0.3 is 0 Å². The van der Waals surface area contributed by atoms with Crippen LogP contribution in [0.25, 0.3) is 11.5 Å². The quantitative estimate of drug-likeness (QED) is 0.787. The van der Waals surface area contributed by atoms with Crippen LogP contribution in [-0.4, -0.2) is 29.1 Å². The second kappa shape index (κ2) is 6.81. The van der Waals surface area contributed by atoms with E-state index >= 15 is 0 Å². The maximum Gasteiger partial charge on any atom is 0.260 e. The van der Waals surface area contributed by atoms with E-state index in [0.717, 1.165) is 12.1 Å². The number of benzene rings is 1. The van der Waals surface area contributed by atoms with E-state index in [1.165, 1.54) is 0 Å². The number of amides is 1. The first-order valence-electron chi connectivity index (χ1n) is 6.61. The van der Waals surface area contributed by atoms with Gasteiger partial charge < -0.3 is 15.2 Å². The highest BCUT2D eigenvalue weighted by Crippen LogP contribution is 2.26. The second-order valence-corrected chi connectivity index (χ2v) is 4.34. The lowest BCUT2D eigenvalue weighted by molar-refractivity contribution is -0.116. The van der Waals surface area contributed by atoms with Gasteiger partial charge in [0.15, 0.2) is 5.82 Å². The Morgan fingerprint density at radius 3 is 2.85 bits per heavy atom. The van der Waals surface area contributed by atoms with Crippen molar-refractivity contribution in [3.05, 3.63) is 30.1 Å². The lowest BCUT2D eigenvalue weighted by atomic mass is 10.1. The fourth-order valence-corrected chi connectivity index (χ4v) is 1.78. The summed E-state index contributed by atoms with van der Waals surface area (Å²) in [5.74, 6) is 0.924. The molecule has 1 aromatic carbocycles. The van der Waals surface area contributed by atoms with Gasteiger partial charge in [-0.25, -0.2) is 0 Å². The average molecular weight is 274 g/mol. The number of hydrogen-bond donors (Lipinski definition) is 2. The molecule has 0 saturated heterocycles. The van der Waals surface area contributed by atoms with Gasteiger partial charge in [-0.1, -0.05) is 24.2 Å². The number of anilines is 1. The number of nitrogens with one attached hydrogen (secondary N) is 2. The third-order valence-electron chi connectivity index (χ3n) is 2.74. The van der Waals surface area contributed by atoms with Gasteiger partial charge in [0.25, 0.3) is 5.89 Å². The van der Waals surface area contributed by atoms with E-state index in [1.54, 1.807) is 6.92 Å². The van der Waals surface area contributed by atoms with Gasteiger partial charge in [-0.05, 0) is 25.6 Å². The summed E-state index contributed by atoms with van der Waals surface area (Å²) in [4.78, 5) is 16.0. The number of rotatable bonds is 6. The topological polar surface area (TPSA) is 80.0 Å². The van der Waals surface area contributed by atoms with Gasteiger partial charge in [-0.15, -0.1) is 0 Å². The van der Waals surface area contributed by atoms with E-state index in [1.807, 2.05) is 31.2 Å². The smallest absolute Gasteiger partial charge is 0.260 e. The van der Waals surface area contributed by atoms with Crippen LogP contribution in [0.1, 0.15) is 19.2 Å². The molecule has 0 bridgehead atoms. The fourth-order valence-electron chi connectivity index (χ4n) is 1.78. The first-order chi connectivity index (χ1) is 9.70. The van der Waals surface area contributed by atoms with E-state index in [2.05, 4.69) is 20.8 Å². The largest absolute Gasteiger partial charge is 0.334 e. The molecule has 2 rings (SSSR count). The SMILES string of the molecule is CCNCCC(=O)Nc1ccccc1-c1nc(C)no1. The summed E-state index contributed by atoms with van der Waals surface area (Å²) in [6.07, 6.45) is 0.422. The fraction of sp³-hybridized carbons (Fsp3) is 0.357. The van der Waals surface area contributed by atoms with E-state index in [4.69, 9.17) is 4.52 Å². The summed E-state index contributed by atoms with van der Waals surface area (Å²) >= 11 is 0. The molecular formula is C14H18N4O2. The summed E-state index contributed by atoms with van der Waals surface area (Å²) in [7, 11) is 0. The van der Waals surface area contributed by atoms with Crippen LogP contribution in [-0.2, 0) is 4.79 Å². The Hall–Kier alpha value is -2.21. The number of aromatic nitrogens is 2. The van der Waals surface area contributed by atoms with Gasteiger partial charge in [-0.3, -0.25) is 4.79 Å². The van der Waals surface area contributed by atoms with E-state index < -0.39 is 0 Å². The Balaban J connectivity index is 2.10. The van der Waals surface area contributed by atoms with Crippen LogP contribution in [0.2, 0.25) is 0 Å². The molecule has 0 spiro atoms. The first-order valence-corrected chi connectivity index (χ1v) is 6.61. The molecule has 1 heterocycles. The minimum atomic E-state index is -0.0466. The van der Waals surface area contributed by atoms with Crippen LogP contribution >= 0.6 is 0 Å². The molecule has 6 heteroatoms. The standard InChI is InChI=1S/C14H18N4O2/c1-3-15-9-8-13(19)17-12-7-5-4-6-11(12)14-16-10(2)18-20-14/h4-7,15H,3,8-9H2,1-2H3,(H,17,19). The zero-order valence-electron chi connectivity index (χ0n) is 11.6. The lowest BCUT2D eigenvalue weighted by Gasteiger charge is -2.08. The predicted molar refractivity (Wildman–Crippen MR) is 76.3 cm³/mol. The van der Waals surface area contributed by atoms with Crippen molar-refractivity contribution < 1.29 is 9.32 Å². The Morgan fingerprint density at radius 2 is 2.15 bits per heavy atom. The minimum Gasteiger partial charge on any atom is -0.334 e. The molecule has 2 aromatic rings. The van der Waals surface area contributed by atoms with Gasteiger partial charge in [0.1, 0.15) is 0 Å². The Kier molecular flexibility index (Phi) is 4.84. The Bertz CT molecular complexity index is 580. The molecule has 1 aromatic heterocycles. The second-order valence-electron chi connectivity index (χ2n) is 4.34. The normalized spacial score (nSPS) is 10.5. The molecule has 0 aliphatic heterocycles. The molecule has 20 heavy (non-hydrogen) atoms. The van der Waals surface area contributed by atoms with Gasteiger partial charge in [0.2, 0.25) is 5.91 Å². The maximum atomic E-state index is 11.9. The zero-order chi connectivity index (χ0) is 14.4. The third kappa shape index (κ3) is 3.64. The molecule has 0 saturated carbocycles. The molecular weight excluding hydrogens is 256 g/mol. The number of para-hydroxylation sites is 1. The molecule has 2 N–H and O–H groups in total. The van der Waals surface area contributed by atoms with Crippen molar-refractivity contribution in [3.63, 3.8) is 0 Å². The van der Waals surface area contributed by atoms with Crippen LogP contribution in [0.3, 0.4) is 0 Å². The van der Waals surface area contributed by atoms with Crippen LogP contribution < -0.4 is 10.6 Å².